The first kappa shape index (κ1) is 15.1. The van der Waals surface area contributed by atoms with Gasteiger partial charge in [-0.05, 0) is 34.1 Å². The van der Waals surface area contributed by atoms with E-state index in [1.165, 1.54) is 12.5 Å². The highest BCUT2D eigenvalue weighted by molar-refractivity contribution is 9.10. The fourth-order valence-electron chi connectivity index (χ4n) is 1.61. The van der Waals surface area contributed by atoms with Crippen molar-refractivity contribution >= 4 is 28.1 Å². The maximum Gasteiger partial charge on any atom is 0.307 e. The normalized spacial score (nSPS) is 10.6. The second-order valence-electron chi connectivity index (χ2n) is 3.91. The molecular formula is C14H13BrN2O4. The molecule has 0 saturated carbocycles. The van der Waals surface area contributed by atoms with Gasteiger partial charge in [0.15, 0.2) is 5.76 Å². The van der Waals surface area contributed by atoms with Crippen LogP contribution in [0.2, 0.25) is 0 Å². The van der Waals surface area contributed by atoms with Gasteiger partial charge in [0.1, 0.15) is 11.5 Å². The number of hydrazone groups is 1. The van der Waals surface area contributed by atoms with Crippen LogP contribution in [0.1, 0.15) is 16.1 Å². The van der Waals surface area contributed by atoms with Crippen LogP contribution < -0.4 is 14.9 Å². The number of nitrogens with one attached hydrogen (secondary N) is 1. The Hall–Kier alpha value is -2.28. The van der Waals surface area contributed by atoms with Gasteiger partial charge in [-0.25, -0.2) is 5.43 Å². The molecule has 0 radical (unpaired) electrons. The molecule has 0 atom stereocenters. The summed E-state index contributed by atoms with van der Waals surface area (Å²) in [5.74, 6) is 0.979. The van der Waals surface area contributed by atoms with Crippen LogP contribution >= 0.6 is 15.9 Å². The van der Waals surface area contributed by atoms with E-state index in [0.29, 0.717) is 17.1 Å². The summed E-state index contributed by atoms with van der Waals surface area (Å²) in [6.45, 7) is 0. The first-order valence-electron chi connectivity index (χ1n) is 5.94. The highest BCUT2D eigenvalue weighted by atomic mass is 79.9. The highest BCUT2D eigenvalue weighted by Gasteiger charge is 2.09. The molecule has 1 N–H and O–H groups in total. The van der Waals surface area contributed by atoms with Crippen molar-refractivity contribution in [3.8, 4) is 11.5 Å². The van der Waals surface area contributed by atoms with Crippen LogP contribution in [0.25, 0.3) is 0 Å². The molecule has 21 heavy (non-hydrogen) atoms. The number of methoxy groups -OCH3 is 2. The Morgan fingerprint density at radius 1 is 1.33 bits per heavy atom. The van der Waals surface area contributed by atoms with Gasteiger partial charge >= 0.3 is 5.91 Å². The Kier molecular flexibility index (Phi) is 4.99. The number of rotatable bonds is 5. The van der Waals surface area contributed by atoms with E-state index in [2.05, 4.69) is 26.5 Å². The monoisotopic (exact) mass is 352 g/mol. The van der Waals surface area contributed by atoms with Gasteiger partial charge in [-0.2, -0.15) is 5.10 Å². The summed E-state index contributed by atoms with van der Waals surface area (Å²) in [6, 6.07) is 6.68. The molecule has 2 rings (SSSR count). The number of hydrogen-bond acceptors (Lipinski definition) is 5. The van der Waals surface area contributed by atoms with Crippen LogP contribution in [0.3, 0.4) is 0 Å². The first-order chi connectivity index (χ1) is 10.2. The van der Waals surface area contributed by atoms with E-state index in [-0.39, 0.29) is 5.76 Å². The summed E-state index contributed by atoms with van der Waals surface area (Å²) in [4.78, 5) is 11.6. The van der Waals surface area contributed by atoms with Gasteiger partial charge in [0.05, 0.1) is 31.2 Å². The number of carbonyl (C=O) groups excluding carboxylic acids is 1. The third-order valence-electron chi connectivity index (χ3n) is 2.62. The summed E-state index contributed by atoms with van der Waals surface area (Å²) in [5, 5.41) is 3.88. The lowest BCUT2D eigenvalue weighted by Crippen LogP contribution is -2.16. The molecule has 0 aliphatic carbocycles. The molecule has 7 heteroatoms. The Morgan fingerprint density at radius 2 is 2.10 bits per heavy atom. The van der Waals surface area contributed by atoms with E-state index < -0.39 is 5.91 Å². The van der Waals surface area contributed by atoms with Crippen LogP contribution in [0.15, 0.2) is 44.5 Å². The summed E-state index contributed by atoms with van der Waals surface area (Å²) in [6.07, 6.45) is 2.89. The molecular weight excluding hydrogens is 340 g/mol. The van der Waals surface area contributed by atoms with Gasteiger partial charge in [-0.3, -0.25) is 4.79 Å². The summed E-state index contributed by atoms with van der Waals surface area (Å²) < 4.78 is 16.1. The SMILES string of the molecule is COc1cc(OC)c(/C=N\NC(=O)c2ccco2)cc1Br. The van der Waals surface area contributed by atoms with Crippen molar-refractivity contribution in [3.05, 3.63) is 46.3 Å². The van der Waals surface area contributed by atoms with Crippen molar-refractivity contribution in [2.45, 2.75) is 0 Å². The molecule has 2 aromatic rings. The van der Waals surface area contributed by atoms with Crippen molar-refractivity contribution in [2.75, 3.05) is 14.2 Å². The molecule has 1 aromatic carbocycles. The van der Waals surface area contributed by atoms with Crippen LogP contribution in [0, 0.1) is 0 Å². The van der Waals surface area contributed by atoms with E-state index in [1.807, 2.05) is 0 Å². The van der Waals surface area contributed by atoms with E-state index in [9.17, 15) is 4.79 Å². The van der Waals surface area contributed by atoms with Gasteiger partial charge in [0, 0.05) is 11.6 Å². The lowest BCUT2D eigenvalue weighted by Gasteiger charge is -2.09. The third-order valence-corrected chi connectivity index (χ3v) is 3.24. The quantitative estimate of drug-likeness (QED) is 0.663. The predicted molar refractivity (Wildman–Crippen MR) is 81.0 cm³/mol. The number of amides is 1. The molecule has 1 amide bonds. The zero-order chi connectivity index (χ0) is 15.2. The lowest BCUT2D eigenvalue weighted by atomic mass is 10.2. The summed E-state index contributed by atoms with van der Waals surface area (Å²) >= 11 is 3.38. The van der Waals surface area contributed by atoms with Crippen molar-refractivity contribution in [1.82, 2.24) is 5.43 Å². The van der Waals surface area contributed by atoms with E-state index in [4.69, 9.17) is 13.9 Å². The highest BCUT2D eigenvalue weighted by Crippen LogP contribution is 2.31. The Balaban J connectivity index is 2.13. The standard InChI is InChI=1S/C14H13BrN2O4/c1-19-12-7-13(20-2)10(15)6-9(12)8-16-17-14(18)11-4-3-5-21-11/h3-8H,1-2H3,(H,17,18)/b16-8-. The second kappa shape index (κ2) is 6.94. The number of benzene rings is 1. The molecule has 0 aliphatic heterocycles. The zero-order valence-electron chi connectivity index (χ0n) is 11.4. The van der Waals surface area contributed by atoms with Crippen molar-refractivity contribution < 1.29 is 18.7 Å². The number of ether oxygens (including phenoxy) is 2. The van der Waals surface area contributed by atoms with E-state index in [1.54, 1.807) is 38.5 Å². The number of furan rings is 1. The van der Waals surface area contributed by atoms with E-state index in [0.717, 1.165) is 4.47 Å². The fourth-order valence-corrected chi connectivity index (χ4v) is 2.13. The molecule has 0 fully saturated rings. The topological polar surface area (TPSA) is 73.1 Å². The number of hydrogen-bond donors (Lipinski definition) is 1. The van der Waals surface area contributed by atoms with Gasteiger partial charge in [0.2, 0.25) is 0 Å². The minimum atomic E-state index is -0.428. The molecule has 0 saturated heterocycles. The number of nitrogens with zero attached hydrogens (tertiary/aromatic N) is 1. The molecule has 1 heterocycles. The second-order valence-corrected chi connectivity index (χ2v) is 4.76. The first-order valence-corrected chi connectivity index (χ1v) is 6.73. The van der Waals surface area contributed by atoms with Crippen LogP contribution in [-0.2, 0) is 0 Å². The zero-order valence-corrected chi connectivity index (χ0v) is 13.0. The van der Waals surface area contributed by atoms with Crippen molar-refractivity contribution in [3.63, 3.8) is 0 Å². The van der Waals surface area contributed by atoms with Crippen molar-refractivity contribution in [2.24, 2.45) is 5.10 Å². The fraction of sp³-hybridized carbons (Fsp3) is 0.143. The average molecular weight is 353 g/mol. The Morgan fingerprint density at radius 3 is 2.71 bits per heavy atom. The van der Waals surface area contributed by atoms with Crippen LogP contribution in [0.4, 0.5) is 0 Å². The van der Waals surface area contributed by atoms with Gasteiger partial charge < -0.3 is 13.9 Å². The molecule has 6 nitrogen and oxygen atoms in total. The third kappa shape index (κ3) is 3.63. The average Bonchev–Trinajstić information content (AvgIpc) is 3.01. The Labute approximate surface area is 129 Å². The maximum atomic E-state index is 11.6. The molecule has 0 aliphatic rings. The number of halogens is 1. The summed E-state index contributed by atoms with van der Waals surface area (Å²) in [7, 11) is 3.11. The Bertz CT molecular complexity index is 653. The molecule has 0 unspecified atom stereocenters. The molecule has 0 spiro atoms. The minimum absolute atomic E-state index is 0.190. The number of carbonyl (C=O) groups is 1. The molecule has 110 valence electrons. The summed E-state index contributed by atoms with van der Waals surface area (Å²) in [5.41, 5.74) is 3.05. The van der Waals surface area contributed by atoms with Crippen LogP contribution in [0.5, 0.6) is 11.5 Å². The predicted octanol–water partition coefficient (Wildman–Crippen LogP) is 2.82. The minimum Gasteiger partial charge on any atom is -0.496 e. The smallest absolute Gasteiger partial charge is 0.307 e. The van der Waals surface area contributed by atoms with Gasteiger partial charge in [-0.15, -0.1) is 0 Å². The lowest BCUT2D eigenvalue weighted by molar-refractivity contribution is 0.0927. The van der Waals surface area contributed by atoms with Crippen LogP contribution in [-0.4, -0.2) is 26.3 Å². The van der Waals surface area contributed by atoms with E-state index >= 15 is 0 Å². The maximum absolute atomic E-state index is 11.6. The van der Waals surface area contributed by atoms with Gasteiger partial charge in [0.25, 0.3) is 0 Å². The van der Waals surface area contributed by atoms with Gasteiger partial charge in [-0.1, -0.05) is 0 Å². The van der Waals surface area contributed by atoms with Crippen molar-refractivity contribution in [1.29, 1.82) is 0 Å². The molecule has 1 aromatic heterocycles. The molecule has 0 bridgehead atoms. The largest absolute Gasteiger partial charge is 0.496 e.